The van der Waals surface area contributed by atoms with Crippen molar-refractivity contribution in [3.8, 4) is 0 Å². The molecular formula is C24H27N5O3. The number of carboxylic acids is 1. The second-order valence-corrected chi connectivity index (χ2v) is 8.10. The highest BCUT2D eigenvalue weighted by atomic mass is 16.4. The second-order valence-electron chi connectivity index (χ2n) is 8.10. The largest absolute Gasteiger partial charge is 0.480 e. The van der Waals surface area contributed by atoms with Crippen LogP contribution in [0.15, 0.2) is 67.4 Å². The van der Waals surface area contributed by atoms with Crippen molar-refractivity contribution in [2.45, 2.75) is 31.8 Å². The Hall–Kier alpha value is -3.68. The number of aromatic nitrogens is 3. The Morgan fingerprint density at radius 2 is 1.91 bits per heavy atom. The Morgan fingerprint density at radius 1 is 1.12 bits per heavy atom. The third-order valence-electron chi connectivity index (χ3n) is 5.80. The van der Waals surface area contributed by atoms with Crippen LogP contribution >= 0.6 is 0 Å². The summed E-state index contributed by atoms with van der Waals surface area (Å²) < 4.78 is 1.92. The number of aliphatic carboxylic acids is 1. The first kappa shape index (κ1) is 21.5. The summed E-state index contributed by atoms with van der Waals surface area (Å²) in [4.78, 5) is 35.2. The van der Waals surface area contributed by atoms with E-state index in [-0.39, 0.29) is 18.2 Å². The highest BCUT2D eigenvalue weighted by molar-refractivity contribution is 5.85. The van der Waals surface area contributed by atoms with E-state index in [9.17, 15) is 14.7 Å². The molecule has 2 aromatic heterocycles. The van der Waals surface area contributed by atoms with Crippen molar-refractivity contribution in [2.75, 3.05) is 18.0 Å². The molecule has 1 aliphatic rings. The normalized spacial score (nSPS) is 15.3. The minimum absolute atomic E-state index is 0.150. The fourth-order valence-electron chi connectivity index (χ4n) is 4.03. The van der Waals surface area contributed by atoms with E-state index in [1.54, 1.807) is 12.5 Å². The number of hydrogen-bond acceptors (Lipinski definition) is 5. The summed E-state index contributed by atoms with van der Waals surface area (Å²) in [5, 5.41) is 12.4. The van der Waals surface area contributed by atoms with Crippen molar-refractivity contribution < 1.29 is 14.7 Å². The van der Waals surface area contributed by atoms with Gasteiger partial charge in [-0.1, -0.05) is 30.3 Å². The standard InChI is InChI=1S/C24H27N5O3/c30-23(19-8-11-29(12-9-19)21-7-4-10-25-14-21)27-22(24(31)32)13-20-16-28(17-26-20)15-18-5-2-1-3-6-18/h1-7,10,14,16-17,19,22H,8-9,11-13,15H2,(H,27,30)(H,31,32). The summed E-state index contributed by atoms with van der Waals surface area (Å²) in [5.41, 5.74) is 2.82. The van der Waals surface area contributed by atoms with Crippen LogP contribution in [0.1, 0.15) is 24.1 Å². The van der Waals surface area contributed by atoms with Gasteiger partial charge < -0.3 is 19.9 Å². The molecule has 1 aliphatic heterocycles. The number of anilines is 1. The maximum absolute atomic E-state index is 12.8. The number of pyridine rings is 1. The minimum Gasteiger partial charge on any atom is -0.480 e. The summed E-state index contributed by atoms with van der Waals surface area (Å²) in [6.45, 7) is 2.14. The number of nitrogens with zero attached hydrogens (tertiary/aromatic N) is 4. The van der Waals surface area contributed by atoms with E-state index >= 15 is 0 Å². The third-order valence-corrected chi connectivity index (χ3v) is 5.80. The fraction of sp³-hybridized carbons (Fsp3) is 0.333. The topological polar surface area (TPSA) is 100 Å². The van der Waals surface area contributed by atoms with E-state index in [4.69, 9.17) is 0 Å². The van der Waals surface area contributed by atoms with Crippen molar-refractivity contribution in [3.63, 3.8) is 0 Å². The number of hydrogen-bond donors (Lipinski definition) is 2. The molecule has 0 spiro atoms. The molecule has 2 N–H and O–H groups in total. The molecule has 0 aliphatic carbocycles. The zero-order valence-electron chi connectivity index (χ0n) is 17.8. The lowest BCUT2D eigenvalue weighted by atomic mass is 9.95. The van der Waals surface area contributed by atoms with Gasteiger partial charge in [-0.25, -0.2) is 9.78 Å². The molecule has 1 saturated heterocycles. The molecule has 0 bridgehead atoms. The average Bonchev–Trinajstić information content (AvgIpc) is 3.26. The SMILES string of the molecule is O=C(NC(Cc1cn(Cc2ccccc2)cn1)C(=O)O)C1CCN(c2cccnc2)CC1. The maximum atomic E-state index is 12.8. The van der Waals surface area contributed by atoms with Crippen LogP contribution in [-0.4, -0.2) is 50.6 Å². The van der Waals surface area contributed by atoms with Gasteiger partial charge in [-0.05, 0) is 30.5 Å². The van der Waals surface area contributed by atoms with Crippen LogP contribution in [0.3, 0.4) is 0 Å². The Balaban J connectivity index is 1.31. The van der Waals surface area contributed by atoms with Gasteiger partial charge in [0.15, 0.2) is 0 Å². The minimum atomic E-state index is -1.05. The van der Waals surface area contributed by atoms with Gasteiger partial charge in [0.25, 0.3) is 0 Å². The summed E-state index contributed by atoms with van der Waals surface area (Å²) >= 11 is 0. The number of amides is 1. The van der Waals surface area contributed by atoms with Gasteiger partial charge in [0, 0.05) is 44.4 Å². The van der Waals surface area contributed by atoms with E-state index in [1.807, 2.05) is 59.4 Å². The van der Waals surface area contributed by atoms with Gasteiger partial charge in [-0.2, -0.15) is 0 Å². The molecule has 8 nitrogen and oxygen atoms in total. The van der Waals surface area contributed by atoms with Crippen molar-refractivity contribution in [1.29, 1.82) is 0 Å². The molecule has 0 radical (unpaired) electrons. The van der Waals surface area contributed by atoms with Crippen molar-refractivity contribution in [1.82, 2.24) is 19.9 Å². The summed E-state index contributed by atoms with van der Waals surface area (Å²) in [6, 6.07) is 12.9. The van der Waals surface area contributed by atoms with Crippen LogP contribution in [0.5, 0.6) is 0 Å². The third kappa shape index (κ3) is 5.51. The number of imidazole rings is 1. The van der Waals surface area contributed by atoms with Gasteiger partial charge >= 0.3 is 5.97 Å². The Morgan fingerprint density at radius 3 is 2.59 bits per heavy atom. The summed E-state index contributed by atoms with van der Waals surface area (Å²) in [6.07, 6.45) is 8.59. The maximum Gasteiger partial charge on any atom is 0.326 e. The van der Waals surface area contributed by atoms with E-state index in [0.717, 1.165) is 24.3 Å². The van der Waals surface area contributed by atoms with Crippen molar-refractivity contribution >= 4 is 17.6 Å². The van der Waals surface area contributed by atoms with Gasteiger partial charge in [0.1, 0.15) is 6.04 Å². The highest BCUT2D eigenvalue weighted by Crippen LogP contribution is 2.22. The monoisotopic (exact) mass is 433 g/mol. The van der Waals surface area contributed by atoms with Crippen LogP contribution in [0.2, 0.25) is 0 Å². The summed E-state index contributed by atoms with van der Waals surface area (Å²) in [5.74, 6) is -1.45. The fourth-order valence-corrected chi connectivity index (χ4v) is 4.03. The molecule has 3 aromatic rings. The number of nitrogens with one attached hydrogen (secondary N) is 1. The number of carboxylic acid groups (broad SMARTS) is 1. The zero-order valence-corrected chi connectivity index (χ0v) is 17.8. The van der Waals surface area contributed by atoms with Crippen LogP contribution in [-0.2, 0) is 22.6 Å². The molecule has 1 fully saturated rings. The van der Waals surface area contributed by atoms with E-state index in [2.05, 4.69) is 20.2 Å². The van der Waals surface area contributed by atoms with Crippen LogP contribution in [0.25, 0.3) is 0 Å². The van der Waals surface area contributed by atoms with Gasteiger partial charge in [-0.3, -0.25) is 9.78 Å². The molecule has 3 heterocycles. The highest BCUT2D eigenvalue weighted by Gasteiger charge is 2.29. The first-order valence-corrected chi connectivity index (χ1v) is 10.8. The molecule has 1 unspecified atom stereocenters. The van der Waals surface area contributed by atoms with E-state index in [1.165, 1.54) is 0 Å². The molecule has 1 aromatic carbocycles. The summed E-state index contributed by atoms with van der Waals surface area (Å²) in [7, 11) is 0. The molecular weight excluding hydrogens is 406 g/mol. The van der Waals surface area contributed by atoms with Crippen molar-refractivity contribution in [3.05, 3.63) is 78.6 Å². The van der Waals surface area contributed by atoms with Crippen LogP contribution in [0, 0.1) is 5.92 Å². The molecule has 166 valence electrons. The lowest BCUT2D eigenvalue weighted by Gasteiger charge is -2.33. The first-order chi connectivity index (χ1) is 15.6. The lowest BCUT2D eigenvalue weighted by Crippen LogP contribution is -2.47. The molecule has 0 saturated carbocycles. The average molecular weight is 434 g/mol. The van der Waals surface area contributed by atoms with Crippen molar-refractivity contribution in [2.24, 2.45) is 5.92 Å². The van der Waals surface area contributed by atoms with Gasteiger partial charge in [0.05, 0.1) is 23.9 Å². The van der Waals surface area contributed by atoms with Gasteiger partial charge in [-0.15, -0.1) is 0 Å². The molecule has 4 rings (SSSR count). The smallest absolute Gasteiger partial charge is 0.326 e. The number of benzene rings is 1. The molecule has 8 heteroatoms. The Labute approximate surface area is 186 Å². The zero-order chi connectivity index (χ0) is 22.3. The number of carbonyl (C=O) groups is 2. The second kappa shape index (κ2) is 10.1. The van der Waals surface area contributed by atoms with Crippen LogP contribution < -0.4 is 10.2 Å². The van der Waals surface area contributed by atoms with E-state index in [0.29, 0.717) is 25.1 Å². The molecule has 1 atom stereocenters. The Bertz CT molecular complexity index is 1030. The quantitative estimate of drug-likeness (QED) is 0.566. The Kier molecular flexibility index (Phi) is 6.79. The molecule has 32 heavy (non-hydrogen) atoms. The van der Waals surface area contributed by atoms with E-state index < -0.39 is 12.0 Å². The molecule has 1 amide bonds. The number of carbonyl (C=O) groups excluding carboxylic acids is 1. The number of piperidine rings is 1. The predicted octanol–water partition coefficient (Wildman–Crippen LogP) is 2.35. The van der Waals surface area contributed by atoms with Gasteiger partial charge in [0.2, 0.25) is 5.91 Å². The predicted molar refractivity (Wildman–Crippen MR) is 120 cm³/mol. The first-order valence-electron chi connectivity index (χ1n) is 10.8. The number of rotatable bonds is 8. The lowest BCUT2D eigenvalue weighted by molar-refractivity contribution is -0.142. The van der Waals surface area contributed by atoms with Crippen LogP contribution in [0.4, 0.5) is 5.69 Å².